The van der Waals surface area contributed by atoms with Crippen molar-refractivity contribution in [2.75, 3.05) is 43.4 Å². The lowest BCUT2D eigenvalue weighted by Crippen LogP contribution is -2.49. The second-order valence-corrected chi connectivity index (χ2v) is 4.44. The Kier molecular flexibility index (Phi) is 3.64. The lowest BCUT2D eigenvalue weighted by Gasteiger charge is -2.33. The average molecular weight is 249 g/mol. The second kappa shape index (κ2) is 5.20. The number of hydrogen-bond donors (Lipinski definition) is 1. The molecule has 1 aromatic rings. The van der Waals surface area contributed by atoms with Gasteiger partial charge in [-0.25, -0.2) is 9.97 Å². The Labute approximate surface area is 107 Å². The molecule has 0 atom stereocenters. The molecule has 0 bridgehead atoms. The summed E-state index contributed by atoms with van der Waals surface area (Å²) in [4.78, 5) is 24.0. The van der Waals surface area contributed by atoms with Crippen LogP contribution in [-0.4, -0.2) is 54.0 Å². The monoisotopic (exact) mass is 249 g/mol. The van der Waals surface area contributed by atoms with Gasteiger partial charge in [-0.2, -0.15) is 0 Å². The number of anilines is 2. The largest absolute Gasteiger partial charge is 0.370 e. The predicted molar refractivity (Wildman–Crippen MR) is 70.8 cm³/mol. The molecular formula is C12H19N5O. The minimum Gasteiger partial charge on any atom is -0.370 e. The molecule has 18 heavy (non-hydrogen) atoms. The van der Waals surface area contributed by atoms with E-state index in [-0.39, 0.29) is 5.91 Å². The molecule has 1 aromatic heterocycles. The normalized spacial score (nSPS) is 16.1. The Morgan fingerprint density at radius 1 is 1.39 bits per heavy atom. The minimum absolute atomic E-state index is 0.129. The van der Waals surface area contributed by atoms with Crippen molar-refractivity contribution >= 4 is 17.5 Å². The first-order chi connectivity index (χ1) is 8.63. The molecule has 1 aliphatic heterocycles. The van der Waals surface area contributed by atoms with Gasteiger partial charge in [0.2, 0.25) is 5.91 Å². The highest BCUT2D eigenvalue weighted by Gasteiger charge is 2.23. The van der Waals surface area contributed by atoms with Gasteiger partial charge in [0.1, 0.15) is 18.0 Å². The van der Waals surface area contributed by atoms with Gasteiger partial charge in [0, 0.05) is 32.2 Å². The summed E-state index contributed by atoms with van der Waals surface area (Å²) < 4.78 is 0. The van der Waals surface area contributed by atoms with Gasteiger partial charge < -0.3 is 15.1 Å². The van der Waals surface area contributed by atoms with Crippen LogP contribution in [0.4, 0.5) is 11.6 Å². The Balaban J connectivity index is 2.23. The zero-order chi connectivity index (χ0) is 13.1. The van der Waals surface area contributed by atoms with Crippen LogP contribution >= 0.6 is 0 Å². The number of nitrogens with zero attached hydrogens (tertiary/aromatic N) is 4. The zero-order valence-corrected chi connectivity index (χ0v) is 11.1. The van der Waals surface area contributed by atoms with Gasteiger partial charge >= 0.3 is 0 Å². The average Bonchev–Trinajstić information content (AvgIpc) is 2.36. The fourth-order valence-corrected chi connectivity index (χ4v) is 2.04. The highest BCUT2D eigenvalue weighted by molar-refractivity contribution is 5.82. The minimum atomic E-state index is 0.129. The fourth-order valence-electron chi connectivity index (χ4n) is 2.04. The maximum absolute atomic E-state index is 11.7. The van der Waals surface area contributed by atoms with Crippen LogP contribution in [0.2, 0.25) is 0 Å². The van der Waals surface area contributed by atoms with Gasteiger partial charge in [0.05, 0.1) is 6.54 Å². The Morgan fingerprint density at radius 2 is 2.17 bits per heavy atom. The molecule has 1 N–H and O–H groups in total. The molecule has 2 heterocycles. The van der Waals surface area contributed by atoms with Gasteiger partial charge in [-0.05, 0) is 13.8 Å². The smallest absolute Gasteiger partial charge is 0.241 e. The summed E-state index contributed by atoms with van der Waals surface area (Å²) in [6, 6.07) is 0. The number of piperazine rings is 1. The molecule has 0 spiro atoms. The van der Waals surface area contributed by atoms with Crippen molar-refractivity contribution < 1.29 is 4.79 Å². The first kappa shape index (κ1) is 12.6. The van der Waals surface area contributed by atoms with E-state index in [4.69, 9.17) is 0 Å². The van der Waals surface area contributed by atoms with Crippen LogP contribution in [0, 0.1) is 6.92 Å². The molecule has 1 aliphatic rings. The van der Waals surface area contributed by atoms with Crippen molar-refractivity contribution in [3.05, 3.63) is 11.9 Å². The quantitative estimate of drug-likeness (QED) is 0.845. The summed E-state index contributed by atoms with van der Waals surface area (Å²) in [5.41, 5.74) is 0.997. The maximum atomic E-state index is 11.7. The SMILES string of the molecule is CCNc1ncnc(N2CCN(C)C(=O)C2)c1C. The van der Waals surface area contributed by atoms with Crippen molar-refractivity contribution in [2.45, 2.75) is 13.8 Å². The number of rotatable bonds is 3. The van der Waals surface area contributed by atoms with Crippen LogP contribution in [0.5, 0.6) is 0 Å². The highest BCUT2D eigenvalue weighted by atomic mass is 16.2. The Morgan fingerprint density at radius 3 is 2.83 bits per heavy atom. The molecule has 1 amide bonds. The van der Waals surface area contributed by atoms with E-state index in [0.29, 0.717) is 6.54 Å². The second-order valence-electron chi connectivity index (χ2n) is 4.44. The molecule has 1 fully saturated rings. The number of amides is 1. The van der Waals surface area contributed by atoms with Crippen LogP contribution in [0.25, 0.3) is 0 Å². The van der Waals surface area contributed by atoms with Gasteiger partial charge in [-0.15, -0.1) is 0 Å². The zero-order valence-electron chi connectivity index (χ0n) is 11.1. The standard InChI is InChI=1S/C12H19N5O/c1-4-13-11-9(2)12(15-8-14-11)17-6-5-16(3)10(18)7-17/h8H,4-7H2,1-3H3,(H,13,14,15). The lowest BCUT2D eigenvalue weighted by atomic mass is 10.2. The molecule has 98 valence electrons. The summed E-state index contributed by atoms with van der Waals surface area (Å²) in [6.45, 7) is 6.76. The molecule has 0 aliphatic carbocycles. The molecule has 6 heteroatoms. The van der Waals surface area contributed by atoms with E-state index in [1.807, 2.05) is 25.8 Å². The Hall–Kier alpha value is -1.85. The van der Waals surface area contributed by atoms with E-state index >= 15 is 0 Å². The lowest BCUT2D eigenvalue weighted by molar-refractivity contribution is -0.129. The summed E-state index contributed by atoms with van der Waals surface area (Å²) in [7, 11) is 1.83. The third-order valence-corrected chi connectivity index (χ3v) is 3.16. The summed E-state index contributed by atoms with van der Waals surface area (Å²) in [6.07, 6.45) is 1.54. The predicted octanol–water partition coefficient (Wildman–Crippen LogP) is 0.495. The number of carbonyl (C=O) groups excluding carboxylic acids is 1. The number of likely N-dealkylation sites (N-methyl/N-ethyl adjacent to an activating group) is 1. The van der Waals surface area contributed by atoms with Gasteiger partial charge in [0.25, 0.3) is 0 Å². The molecule has 0 aromatic carbocycles. The van der Waals surface area contributed by atoms with Gasteiger partial charge in [-0.3, -0.25) is 4.79 Å². The number of hydrogen-bond acceptors (Lipinski definition) is 5. The molecule has 0 radical (unpaired) electrons. The van der Waals surface area contributed by atoms with Crippen LogP contribution < -0.4 is 10.2 Å². The third-order valence-electron chi connectivity index (χ3n) is 3.16. The van der Waals surface area contributed by atoms with E-state index in [9.17, 15) is 4.79 Å². The third kappa shape index (κ3) is 2.37. The molecule has 0 saturated carbocycles. The first-order valence-electron chi connectivity index (χ1n) is 6.18. The van der Waals surface area contributed by atoms with Crippen molar-refractivity contribution in [1.29, 1.82) is 0 Å². The fraction of sp³-hybridized carbons (Fsp3) is 0.583. The molecule has 0 unspecified atom stereocenters. The number of carbonyl (C=O) groups is 1. The van der Waals surface area contributed by atoms with Crippen molar-refractivity contribution in [3.8, 4) is 0 Å². The molecule has 1 saturated heterocycles. The topological polar surface area (TPSA) is 61.4 Å². The summed E-state index contributed by atoms with van der Waals surface area (Å²) in [5.74, 6) is 1.82. The highest BCUT2D eigenvalue weighted by Crippen LogP contribution is 2.23. The number of aromatic nitrogens is 2. The molecule has 6 nitrogen and oxygen atoms in total. The van der Waals surface area contributed by atoms with E-state index < -0.39 is 0 Å². The van der Waals surface area contributed by atoms with E-state index in [1.165, 1.54) is 0 Å². The van der Waals surface area contributed by atoms with Crippen molar-refractivity contribution in [3.63, 3.8) is 0 Å². The maximum Gasteiger partial charge on any atom is 0.241 e. The summed E-state index contributed by atoms with van der Waals surface area (Å²) in [5, 5.41) is 3.20. The van der Waals surface area contributed by atoms with E-state index in [1.54, 1.807) is 11.2 Å². The van der Waals surface area contributed by atoms with Crippen LogP contribution in [0.3, 0.4) is 0 Å². The van der Waals surface area contributed by atoms with Crippen LogP contribution in [0.1, 0.15) is 12.5 Å². The van der Waals surface area contributed by atoms with Gasteiger partial charge in [0.15, 0.2) is 0 Å². The van der Waals surface area contributed by atoms with Crippen molar-refractivity contribution in [2.24, 2.45) is 0 Å². The van der Waals surface area contributed by atoms with E-state index in [0.717, 1.165) is 36.8 Å². The summed E-state index contributed by atoms with van der Waals surface area (Å²) >= 11 is 0. The first-order valence-corrected chi connectivity index (χ1v) is 6.18. The van der Waals surface area contributed by atoms with Gasteiger partial charge in [-0.1, -0.05) is 0 Å². The molecular weight excluding hydrogens is 230 g/mol. The Bertz CT molecular complexity index is 448. The van der Waals surface area contributed by atoms with Crippen LogP contribution in [-0.2, 0) is 4.79 Å². The van der Waals surface area contributed by atoms with Crippen LogP contribution in [0.15, 0.2) is 6.33 Å². The number of nitrogens with one attached hydrogen (secondary N) is 1. The molecule has 2 rings (SSSR count). The van der Waals surface area contributed by atoms with Crippen molar-refractivity contribution in [1.82, 2.24) is 14.9 Å². The van der Waals surface area contributed by atoms with E-state index in [2.05, 4.69) is 15.3 Å².